The molecule has 1 aromatic rings. The molecule has 9 nitrogen and oxygen atoms in total. The van der Waals surface area contributed by atoms with Crippen molar-refractivity contribution in [2.45, 2.75) is 52.5 Å². The molecular formula is C28H41N5O4. The average molecular weight is 512 g/mol. The first-order valence-electron chi connectivity index (χ1n) is 13.3. The minimum absolute atomic E-state index is 0.0860. The van der Waals surface area contributed by atoms with Crippen molar-refractivity contribution in [3.05, 3.63) is 35.9 Å². The van der Waals surface area contributed by atoms with Crippen LogP contribution in [0.1, 0.15) is 62.4 Å². The third-order valence-corrected chi connectivity index (χ3v) is 7.08. The van der Waals surface area contributed by atoms with E-state index in [1.165, 1.54) is 18.4 Å². The van der Waals surface area contributed by atoms with Gasteiger partial charge in [-0.25, -0.2) is 0 Å². The first-order valence-corrected chi connectivity index (χ1v) is 13.3. The SMILES string of the molecule is C=C1c2ccc(N3CC4(CN(CCNC(=O)CC)C4)C3)cc2C(=O)N1C(CCC=O)C(=O)NC.CCC. The van der Waals surface area contributed by atoms with Gasteiger partial charge in [0.15, 0.2) is 0 Å². The monoisotopic (exact) mass is 511 g/mol. The molecule has 0 saturated carbocycles. The smallest absolute Gasteiger partial charge is 0.259 e. The average Bonchev–Trinajstić information content (AvgIpc) is 3.09. The van der Waals surface area contributed by atoms with Crippen LogP contribution in [0.25, 0.3) is 5.70 Å². The summed E-state index contributed by atoms with van der Waals surface area (Å²) >= 11 is 0. The predicted molar refractivity (Wildman–Crippen MR) is 145 cm³/mol. The first kappa shape index (κ1) is 28.4. The first-order chi connectivity index (χ1) is 17.7. The Labute approximate surface area is 220 Å². The van der Waals surface area contributed by atoms with Gasteiger partial charge in [-0.3, -0.25) is 19.3 Å². The molecule has 2 fully saturated rings. The largest absolute Gasteiger partial charge is 0.370 e. The number of likely N-dealkylation sites (tertiary alicyclic amines) is 1. The number of carbonyl (C=O) groups is 4. The van der Waals surface area contributed by atoms with Crippen molar-refractivity contribution >= 4 is 35.4 Å². The number of nitrogens with one attached hydrogen (secondary N) is 2. The van der Waals surface area contributed by atoms with Crippen molar-refractivity contribution < 1.29 is 19.2 Å². The molecule has 1 aromatic carbocycles. The summed E-state index contributed by atoms with van der Waals surface area (Å²) in [5.41, 5.74) is 3.05. The van der Waals surface area contributed by atoms with Crippen LogP contribution >= 0.6 is 0 Å². The van der Waals surface area contributed by atoms with Crippen LogP contribution in [0.5, 0.6) is 0 Å². The molecule has 0 radical (unpaired) electrons. The molecule has 9 heteroatoms. The second kappa shape index (κ2) is 12.4. The molecule has 0 bridgehead atoms. The second-order valence-electron chi connectivity index (χ2n) is 10.2. The standard InChI is InChI=1S/C25H33N5O4.C3H8/c1-4-22(32)27-9-10-28-13-25(14-28)15-29(16-25)18-7-8-19-17(2)30(24(34)20(19)12-18)21(6-5-11-31)23(33)26-3;1-3-2/h7-8,11-12,21H,2,4-6,9-10,13-16H2,1,3H3,(H,26,33)(H,27,32);3H2,1-2H3. The van der Waals surface area contributed by atoms with Gasteiger partial charge < -0.3 is 25.2 Å². The number of amides is 3. The van der Waals surface area contributed by atoms with Gasteiger partial charge in [0.1, 0.15) is 12.3 Å². The van der Waals surface area contributed by atoms with Gasteiger partial charge in [0.05, 0.1) is 5.56 Å². The van der Waals surface area contributed by atoms with Crippen molar-refractivity contribution in [1.82, 2.24) is 20.4 Å². The summed E-state index contributed by atoms with van der Waals surface area (Å²) in [6, 6.07) is 5.04. The highest BCUT2D eigenvalue weighted by Crippen LogP contribution is 2.43. The molecule has 0 aromatic heterocycles. The van der Waals surface area contributed by atoms with E-state index in [2.05, 4.69) is 40.9 Å². The highest BCUT2D eigenvalue weighted by Gasteiger charge is 2.51. The van der Waals surface area contributed by atoms with Crippen LogP contribution in [-0.2, 0) is 14.4 Å². The zero-order valence-electron chi connectivity index (χ0n) is 22.6. The lowest BCUT2D eigenvalue weighted by Crippen LogP contribution is -2.72. The normalized spacial score (nSPS) is 18.3. The lowest BCUT2D eigenvalue weighted by atomic mass is 9.72. The van der Waals surface area contributed by atoms with E-state index in [1.54, 1.807) is 0 Å². The summed E-state index contributed by atoms with van der Waals surface area (Å²) in [6.07, 6.45) is 2.96. The third-order valence-electron chi connectivity index (χ3n) is 7.08. The Morgan fingerprint density at radius 1 is 1.14 bits per heavy atom. The van der Waals surface area contributed by atoms with Gasteiger partial charge in [0.2, 0.25) is 11.8 Å². The quantitative estimate of drug-likeness (QED) is 0.468. The summed E-state index contributed by atoms with van der Waals surface area (Å²) in [5.74, 6) is -0.471. The molecule has 1 spiro atoms. The van der Waals surface area contributed by atoms with Crippen LogP contribution in [0.15, 0.2) is 24.8 Å². The number of carbonyl (C=O) groups excluding carboxylic acids is 4. The van der Waals surface area contributed by atoms with Gasteiger partial charge in [-0.2, -0.15) is 0 Å². The molecular weight excluding hydrogens is 470 g/mol. The molecule has 3 aliphatic rings. The lowest BCUT2D eigenvalue weighted by Gasteiger charge is -2.61. The molecule has 0 aliphatic carbocycles. The topological polar surface area (TPSA) is 102 Å². The van der Waals surface area contributed by atoms with Gasteiger partial charge in [-0.05, 0) is 18.6 Å². The molecule has 2 saturated heterocycles. The van der Waals surface area contributed by atoms with Gasteiger partial charge in [0, 0.05) is 81.5 Å². The Hall–Kier alpha value is -3.20. The predicted octanol–water partition coefficient (Wildman–Crippen LogP) is 2.27. The fourth-order valence-electron chi connectivity index (χ4n) is 5.32. The fraction of sp³-hybridized carbons (Fsp3) is 0.571. The van der Waals surface area contributed by atoms with Crippen LogP contribution in [0, 0.1) is 5.41 Å². The Balaban J connectivity index is 0.00000121. The highest BCUT2D eigenvalue weighted by atomic mass is 16.2. The summed E-state index contributed by atoms with van der Waals surface area (Å²) in [4.78, 5) is 54.0. The van der Waals surface area contributed by atoms with Gasteiger partial charge in [0.25, 0.3) is 5.91 Å². The Bertz CT molecular complexity index is 1030. The summed E-state index contributed by atoms with van der Waals surface area (Å²) < 4.78 is 0. The molecule has 3 heterocycles. The van der Waals surface area contributed by atoms with Gasteiger partial charge >= 0.3 is 0 Å². The van der Waals surface area contributed by atoms with Crippen molar-refractivity contribution in [1.29, 1.82) is 0 Å². The zero-order chi connectivity index (χ0) is 27.2. The number of nitrogens with zero attached hydrogens (tertiary/aromatic N) is 3. The maximum atomic E-state index is 13.3. The number of fused-ring (bicyclic) bond motifs is 1. The lowest BCUT2D eigenvalue weighted by molar-refractivity contribution is -0.124. The molecule has 1 atom stereocenters. The Kier molecular flexibility index (Phi) is 9.48. The molecule has 202 valence electrons. The maximum absolute atomic E-state index is 13.3. The van der Waals surface area contributed by atoms with Crippen molar-refractivity contribution in [2.24, 2.45) is 5.41 Å². The van der Waals surface area contributed by atoms with E-state index in [0.717, 1.165) is 50.3 Å². The van der Waals surface area contributed by atoms with Crippen molar-refractivity contribution in [2.75, 3.05) is 51.2 Å². The van der Waals surface area contributed by atoms with Crippen LogP contribution in [0.2, 0.25) is 0 Å². The maximum Gasteiger partial charge on any atom is 0.259 e. The van der Waals surface area contributed by atoms with Gasteiger partial charge in [-0.1, -0.05) is 39.8 Å². The molecule has 3 aliphatic heterocycles. The number of aldehydes is 1. The Morgan fingerprint density at radius 2 is 1.81 bits per heavy atom. The van der Waals surface area contributed by atoms with E-state index in [4.69, 9.17) is 0 Å². The molecule has 2 N–H and O–H groups in total. The Morgan fingerprint density at radius 3 is 2.41 bits per heavy atom. The highest BCUT2D eigenvalue weighted by molar-refractivity contribution is 6.11. The van der Waals surface area contributed by atoms with Gasteiger partial charge in [-0.15, -0.1) is 0 Å². The van der Waals surface area contributed by atoms with E-state index in [0.29, 0.717) is 24.2 Å². The molecule has 4 rings (SSSR count). The summed E-state index contributed by atoms with van der Waals surface area (Å²) in [6.45, 7) is 15.6. The van der Waals surface area contributed by atoms with E-state index < -0.39 is 6.04 Å². The van der Waals surface area contributed by atoms with Crippen molar-refractivity contribution in [3.63, 3.8) is 0 Å². The number of hydrogen-bond acceptors (Lipinski definition) is 6. The van der Waals surface area contributed by atoms with Crippen molar-refractivity contribution in [3.8, 4) is 0 Å². The summed E-state index contributed by atoms with van der Waals surface area (Å²) in [5, 5.41) is 5.51. The van der Waals surface area contributed by atoms with E-state index in [9.17, 15) is 19.2 Å². The van der Waals surface area contributed by atoms with Crippen LogP contribution in [0.4, 0.5) is 5.69 Å². The fourth-order valence-corrected chi connectivity index (χ4v) is 5.32. The minimum atomic E-state index is -0.763. The zero-order valence-corrected chi connectivity index (χ0v) is 22.6. The number of rotatable bonds is 10. The molecule has 37 heavy (non-hydrogen) atoms. The summed E-state index contributed by atoms with van der Waals surface area (Å²) in [7, 11) is 1.52. The number of hydrogen-bond donors (Lipinski definition) is 2. The second-order valence-corrected chi connectivity index (χ2v) is 10.2. The van der Waals surface area contributed by atoms with E-state index in [1.807, 2.05) is 25.1 Å². The minimum Gasteiger partial charge on any atom is -0.370 e. The van der Waals surface area contributed by atoms with Crippen LogP contribution < -0.4 is 15.5 Å². The number of anilines is 1. The van der Waals surface area contributed by atoms with E-state index in [-0.39, 0.29) is 36.0 Å². The van der Waals surface area contributed by atoms with Crippen LogP contribution in [-0.4, -0.2) is 86.2 Å². The number of likely N-dealkylation sites (N-methyl/N-ethyl adjacent to an activating group) is 1. The van der Waals surface area contributed by atoms with E-state index >= 15 is 0 Å². The number of benzene rings is 1. The van der Waals surface area contributed by atoms with Crippen LogP contribution in [0.3, 0.4) is 0 Å². The molecule has 3 amide bonds. The molecule has 1 unspecified atom stereocenters. The third kappa shape index (κ3) is 6.04.